The number of rotatable bonds is 8. The van der Waals surface area contributed by atoms with Crippen molar-refractivity contribution in [3.63, 3.8) is 0 Å². The number of hydrogen-bond donors (Lipinski definition) is 1. The summed E-state index contributed by atoms with van der Waals surface area (Å²) in [5.41, 5.74) is 2.82. The zero-order valence-electron chi connectivity index (χ0n) is 20.7. The summed E-state index contributed by atoms with van der Waals surface area (Å²) in [5, 5.41) is 3.11. The maximum Gasteiger partial charge on any atom is 0.251 e. The predicted octanol–water partition coefficient (Wildman–Crippen LogP) is 5.72. The van der Waals surface area contributed by atoms with E-state index in [0.29, 0.717) is 11.3 Å². The van der Waals surface area contributed by atoms with Gasteiger partial charge in [0.1, 0.15) is 0 Å². The molecule has 0 saturated carbocycles. The van der Waals surface area contributed by atoms with Crippen LogP contribution >= 0.6 is 0 Å². The monoisotopic (exact) mass is 458 g/mol. The Morgan fingerprint density at radius 1 is 0.969 bits per heavy atom. The van der Waals surface area contributed by atoms with Crippen LogP contribution in [0.2, 0.25) is 0 Å². The summed E-state index contributed by atoms with van der Waals surface area (Å²) in [6.07, 6.45) is 2.08. The van der Waals surface area contributed by atoms with Crippen LogP contribution in [0.15, 0.2) is 48.5 Å². The second-order valence-corrected chi connectivity index (χ2v) is 12.7. The van der Waals surface area contributed by atoms with Crippen molar-refractivity contribution in [2.24, 2.45) is 5.41 Å². The fourth-order valence-electron chi connectivity index (χ4n) is 4.26. The molecule has 0 radical (unpaired) electrons. The van der Waals surface area contributed by atoms with E-state index in [1.807, 2.05) is 64.1 Å². The van der Waals surface area contributed by atoms with Gasteiger partial charge in [-0.25, -0.2) is 8.42 Å². The minimum atomic E-state index is -3.49. The van der Waals surface area contributed by atoms with Gasteiger partial charge in [-0.3, -0.25) is 9.10 Å². The van der Waals surface area contributed by atoms with Crippen molar-refractivity contribution < 1.29 is 13.2 Å². The summed E-state index contributed by atoms with van der Waals surface area (Å²) >= 11 is 0. The molecular weight excluding hydrogens is 420 g/mol. The SMILES string of the molecule is CC(C)c1ccccc1N(Cc1ccc(C(=O)NC(C)(C)CC(C)(C)C)cc1)S(C)(=O)=O. The van der Waals surface area contributed by atoms with Crippen LogP contribution in [-0.2, 0) is 16.6 Å². The molecule has 0 aromatic heterocycles. The lowest BCUT2D eigenvalue weighted by Gasteiger charge is -2.33. The first-order valence-electron chi connectivity index (χ1n) is 11.1. The van der Waals surface area contributed by atoms with Crippen molar-refractivity contribution in [1.29, 1.82) is 0 Å². The highest BCUT2D eigenvalue weighted by molar-refractivity contribution is 7.92. The van der Waals surface area contributed by atoms with E-state index in [2.05, 4.69) is 26.1 Å². The Morgan fingerprint density at radius 3 is 2.03 bits per heavy atom. The van der Waals surface area contributed by atoms with Crippen LogP contribution in [0.25, 0.3) is 0 Å². The number of benzene rings is 2. The molecule has 1 amide bonds. The first kappa shape index (κ1) is 25.9. The number of sulfonamides is 1. The van der Waals surface area contributed by atoms with Gasteiger partial charge in [0.2, 0.25) is 10.0 Å². The average molecular weight is 459 g/mol. The van der Waals surface area contributed by atoms with Crippen molar-refractivity contribution >= 4 is 21.6 Å². The van der Waals surface area contributed by atoms with Gasteiger partial charge >= 0.3 is 0 Å². The van der Waals surface area contributed by atoms with Crippen LogP contribution in [0.5, 0.6) is 0 Å². The van der Waals surface area contributed by atoms with Gasteiger partial charge in [0.15, 0.2) is 0 Å². The Bertz CT molecular complexity index is 1030. The molecule has 32 heavy (non-hydrogen) atoms. The lowest BCUT2D eigenvalue weighted by molar-refractivity contribution is 0.0891. The Morgan fingerprint density at radius 2 is 1.53 bits per heavy atom. The zero-order chi connectivity index (χ0) is 24.3. The quantitative estimate of drug-likeness (QED) is 0.550. The number of amides is 1. The first-order chi connectivity index (χ1) is 14.6. The van der Waals surface area contributed by atoms with Crippen LogP contribution in [0.3, 0.4) is 0 Å². The summed E-state index contributed by atoms with van der Waals surface area (Å²) in [6.45, 7) is 14.8. The molecule has 1 N–H and O–H groups in total. The summed E-state index contributed by atoms with van der Waals surface area (Å²) in [4.78, 5) is 12.8. The van der Waals surface area contributed by atoms with E-state index in [4.69, 9.17) is 0 Å². The van der Waals surface area contributed by atoms with Crippen LogP contribution < -0.4 is 9.62 Å². The Kier molecular flexibility index (Phi) is 7.82. The Hall–Kier alpha value is -2.34. The highest BCUT2D eigenvalue weighted by Crippen LogP contribution is 2.30. The van der Waals surface area contributed by atoms with Gasteiger partial charge in [0.25, 0.3) is 5.91 Å². The number of para-hydroxylation sites is 1. The zero-order valence-corrected chi connectivity index (χ0v) is 21.5. The van der Waals surface area contributed by atoms with Gasteiger partial charge in [-0.15, -0.1) is 0 Å². The number of hydrogen-bond acceptors (Lipinski definition) is 3. The second kappa shape index (κ2) is 9.65. The Balaban J connectivity index is 2.24. The molecular formula is C26H38N2O3S. The molecule has 5 nitrogen and oxygen atoms in total. The third-order valence-corrected chi connectivity index (χ3v) is 6.32. The fraction of sp³-hybridized carbons (Fsp3) is 0.500. The van der Waals surface area contributed by atoms with Gasteiger partial charge in [-0.1, -0.05) is 65.0 Å². The van der Waals surface area contributed by atoms with Gasteiger partial charge in [0, 0.05) is 11.1 Å². The van der Waals surface area contributed by atoms with E-state index >= 15 is 0 Å². The molecule has 176 valence electrons. The molecule has 2 aromatic rings. The van der Waals surface area contributed by atoms with Gasteiger partial charge < -0.3 is 5.32 Å². The van der Waals surface area contributed by atoms with Crippen molar-refractivity contribution in [3.05, 3.63) is 65.2 Å². The van der Waals surface area contributed by atoms with Crippen molar-refractivity contribution in [2.75, 3.05) is 10.6 Å². The van der Waals surface area contributed by atoms with E-state index in [0.717, 1.165) is 17.5 Å². The topological polar surface area (TPSA) is 66.5 Å². The normalized spacial score (nSPS) is 12.7. The lowest BCUT2D eigenvalue weighted by Crippen LogP contribution is -2.45. The number of nitrogens with zero attached hydrogens (tertiary/aromatic N) is 1. The molecule has 2 aromatic carbocycles. The molecule has 2 rings (SSSR count). The maximum absolute atomic E-state index is 12.8. The number of nitrogens with one attached hydrogen (secondary N) is 1. The average Bonchev–Trinajstić information content (AvgIpc) is 2.63. The van der Waals surface area contributed by atoms with Gasteiger partial charge in [0.05, 0.1) is 18.5 Å². The van der Waals surface area contributed by atoms with E-state index in [1.165, 1.54) is 10.6 Å². The Labute approximate surface area is 194 Å². The standard InChI is InChI=1S/C26H38N2O3S/c1-19(2)22-11-9-10-12-23(22)28(32(8,30)31)17-20-13-15-21(16-14-20)24(29)27-26(6,7)18-25(3,4)5/h9-16,19H,17-18H2,1-8H3,(H,27,29). The van der Waals surface area contributed by atoms with Gasteiger partial charge in [-0.05, 0) is 60.9 Å². The fourth-order valence-corrected chi connectivity index (χ4v) is 5.17. The van der Waals surface area contributed by atoms with E-state index < -0.39 is 10.0 Å². The molecule has 0 aliphatic heterocycles. The molecule has 6 heteroatoms. The van der Waals surface area contributed by atoms with E-state index in [-0.39, 0.29) is 29.3 Å². The van der Waals surface area contributed by atoms with Crippen molar-refractivity contribution in [2.45, 2.75) is 72.9 Å². The minimum Gasteiger partial charge on any atom is -0.347 e. The van der Waals surface area contributed by atoms with Crippen molar-refractivity contribution in [3.8, 4) is 0 Å². The molecule has 0 atom stereocenters. The second-order valence-electron chi connectivity index (χ2n) is 10.8. The lowest BCUT2D eigenvalue weighted by atomic mass is 9.81. The summed E-state index contributed by atoms with van der Waals surface area (Å²) in [6, 6.07) is 14.7. The molecule has 0 bridgehead atoms. The van der Waals surface area contributed by atoms with E-state index in [1.54, 1.807) is 12.1 Å². The van der Waals surface area contributed by atoms with Crippen LogP contribution in [0.1, 0.15) is 82.3 Å². The van der Waals surface area contributed by atoms with Crippen molar-refractivity contribution in [1.82, 2.24) is 5.32 Å². The molecule has 0 saturated heterocycles. The third-order valence-electron chi connectivity index (χ3n) is 5.19. The molecule has 0 fully saturated rings. The molecule has 0 unspecified atom stereocenters. The molecule has 0 spiro atoms. The highest BCUT2D eigenvalue weighted by atomic mass is 32.2. The maximum atomic E-state index is 12.8. The summed E-state index contributed by atoms with van der Waals surface area (Å²) in [7, 11) is -3.49. The molecule has 0 aliphatic rings. The highest BCUT2D eigenvalue weighted by Gasteiger charge is 2.27. The number of carbonyl (C=O) groups is 1. The van der Waals surface area contributed by atoms with Crippen LogP contribution in [0, 0.1) is 5.41 Å². The van der Waals surface area contributed by atoms with Crippen LogP contribution in [-0.4, -0.2) is 26.1 Å². The number of anilines is 1. The molecule has 0 aliphatic carbocycles. The smallest absolute Gasteiger partial charge is 0.251 e. The first-order valence-corrected chi connectivity index (χ1v) is 12.9. The van der Waals surface area contributed by atoms with Crippen LogP contribution in [0.4, 0.5) is 5.69 Å². The minimum absolute atomic E-state index is 0.0992. The largest absolute Gasteiger partial charge is 0.347 e. The number of carbonyl (C=O) groups excluding carboxylic acids is 1. The van der Waals surface area contributed by atoms with Gasteiger partial charge in [-0.2, -0.15) is 0 Å². The predicted molar refractivity (Wildman–Crippen MR) is 134 cm³/mol. The summed E-state index contributed by atoms with van der Waals surface area (Å²) in [5.74, 6) is 0.0638. The third kappa shape index (κ3) is 7.37. The van der Waals surface area contributed by atoms with E-state index in [9.17, 15) is 13.2 Å². The molecule has 0 heterocycles. The summed E-state index contributed by atoms with van der Waals surface area (Å²) < 4.78 is 26.7.